The Bertz CT molecular complexity index is 1930. The van der Waals surface area contributed by atoms with Gasteiger partial charge in [0, 0.05) is 24.4 Å². The van der Waals surface area contributed by atoms with Gasteiger partial charge in [-0.1, -0.05) is 48.4 Å². The van der Waals surface area contributed by atoms with Crippen LogP contribution >= 0.6 is 23.2 Å². The number of allylic oxidation sites excluding steroid dienone is 2. The molecule has 4 amide bonds. The van der Waals surface area contributed by atoms with Crippen LogP contribution in [-0.4, -0.2) is 61.0 Å². The molecule has 0 aromatic heterocycles. The Balaban J connectivity index is 1.36. The van der Waals surface area contributed by atoms with E-state index < -0.39 is 62.9 Å². The summed E-state index contributed by atoms with van der Waals surface area (Å²) in [6, 6.07) is 15.2. The molecule has 2 aliphatic heterocycles. The van der Waals surface area contributed by atoms with Gasteiger partial charge in [0.2, 0.25) is 11.8 Å². The van der Waals surface area contributed by atoms with Crippen molar-refractivity contribution in [1.29, 1.82) is 0 Å². The molecule has 0 bridgehead atoms. The van der Waals surface area contributed by atoms with Gasteiger partial charge in [-0.3, -0.25) is 28.9 Å². The Morgan fingerprint density at radius 2 is 1.62 bits per heavy atom. The Labute approximate surface area is 284 Å². The topological polar surface area (TPSA) is 132 Å². The number of nitrogens with zero attached hydrogens (tertiary/aromatic N) is 2. The number of hydrogen-bond acceptors (Lipinski definition) is 6. The van der Waals surface area contributed by atoms with E-state index in [1.54, 1.807) is 24.3 Å². The molecule has 0 unspecified atom stereocenters. The Kier molecular flexibility index (Phi) is 7.87. The summed E-state index contributed by atoms with van der Waals surface area (Å²) < 4.78 is 13.9. The average molecular weight is 694 g/mol. The standard InChI is InChI=1S/C36H31Cl2FN2O7/c37-35-18-25-23(14-15-24-28(25)32(46)40(31(24)45)17-5-1-2-8-27(43)44)30(29-22-7-4-3-6-19(22)9-16-26(29)42)36(35,38)34(48)41(33(35)47)21-12-10-20(39)11-13-21/h3-4,6-7,9-14,16,24-25,28,30,42H,1-2,5,8,15,17-18H2,(H,43,44)/t24-,25+,28-,30+,35+,36-/m0/s1. The van der Waals surface area contributed by atoms with Crippen LogP contribution in [0.5, 0.6) is 5.75 Å². The zero-order valence-electron chi connectivity index (χ0n) is 25.6. The molecule has 3 aromatic carbocycles. The lowest BCUT2D eigenvalue weighted by Gasteiger charge is -2.51. The van der Waals surface area contributed by atoms with Gasteiger partial charge in [-0.25, -0.2) is 9.29 Å². The van der Waals surface area contributed by atoms with Crippen LogP contribution < -0.4 is 4.90 Å². The van der Waals surface area contributed by atoms with Crippen LogP contribution in [0.1, 0.15) is 50.0 Å². The minimum atomic E-state index is -2.17. The highest BCUT2D eigenvalue weighted by atomic mass is 35.5. The summed E-state index contributed by atoms with van der Waals surface area (Å²) in [5.74, 6) is -7.71. The Hall–Kier alpha value is -4.28. The van der Waals surface area contributed by atoms with Crippen molar-refractivity contribution in [3.63, 3.8) is 0 Å². The molecule has 7 rings (SSSR count). The maximum atomic E-state index is 14.6. The number of amides is 4. The highest BCUT2D eigenvalue weighted by Crippen LogP contribution is 2.67. The van der Waals surface area contributed by atoms with E-state index in [0.29, 0.717) is 30.2 Å². The number of rotatable bonds is 8. The third kappa shape index (κ3) is 4.59. The lowest BCUT2D eigenvalue weighted by Crippen LogP contribution is -2.60. The molecule has 4 aliphatic rings. The van der Waals surface area contributed by atoms with Crippen molar-refractivity contribution in [3.05, 3.63) is 83.7 Å². The third-order valence-electron chi connectivity index (χ3n) is 10.5. The number of aliphatic carboxylic acids is 1. The number of hydrogen-bond donors (Lipinski definition) is 2. The van der Waals surface area contributed by atoms with Crippen LogP contribution in [0.15, 0.2) is 72.3 Å². The molecule has 2 N–H and O–H groups in total. The molecule has 0 spiro atoms. The van der Waals surface area contributed by atoms with Crippen molar-refractivity contribution in [3.8, 4) is 5.75 Å². The second-order valence-corrected chi connectivity index (χ2v) is 14.2. The molecule has 248 valence electrons. The van der Waals surface area contributed by atoms with E-state index in [0.717, 1.165) is 22.4 Å². The second-order valence-electron chi connectivity index (χ2n) is 13.0. The zero-order chi connectivity index (χ0) is 34.1. The minimum absolute atomic E-state index is 0.00936. The number of imide groups is 2. The molecule has 0 radical (unpaired) electrons. The summed E-state index contributed by atoms with van der Waals surface area (Å²) in [6.07, 6.45) is 3.10. The smallest absolute Gasteiger partial charge is 0.303 e. The van der Waals surface area contributed by atoms with Gasteiger partial charge in [0.15, 0.2) is 9.75 Å². The molecule has 3 aromatic rings. The lowest BCUT2D eigenvalue weighted by atomic mass is 9.56. The zero-order valence-corrected chi connectivity index (χ0v) is 27.1. The first-order valence-electron chi connectivity index (χ1n) is 15.9. The van der Waals surface area contributed by atoms with E-state index in [9.17, 15) is 33.5 Å². The molecule has 2 aliphatic carbocycles. The number of carbonyl (C=O) groups excluding carboxylic acids is 4. The van der Waals surface area contributed by atoms with Gasteiger partial charge < -0.3 is 10.2 Å². The summed E-state index contributed by atoms with van der Waals surface area (Å²) >= 11 is 14.9. The molecule has 2 saturated heterocycles. The van der Waals surface area contributed by atoms with Crippen LogP contribution in [-0.2, 0) is 24.0 Å². The first-order chi connectivity index (χ1) is 22.9. The first kappa shape index (κ1) is 32.3. The summed E-state index contributed by atoms with van der Waals surface area (Å²) in [5, 5.41) is 21.7. The van der Waals surface area contributed by atoms with Gasteiger partial charge in [-0.15, -0.1) is 23.2 Å². The summed E-state index contributed by atoms with van der Waals surface area (Å²) in [6.45, 7) is 0.126. The van der Waals surface area contributed by atoms with E-state index in [1.807, 2.05) is 12.1 Å². The highest BCUT2D eigenvalue weighted by Gasteiger charge is 2.77. The number of alkyl halides is 2. The second kappa shape index (κ2) is 11.7. The summed E-state index contributed by atoms with van der Waals surface area (Å²) in [7, 11) is 0. The van der Waals surface area contributed by atoms with Crippen LogP contribution in [0.2, 0.25) is 0 Å². The number of likely N-dealkylation sites (tertiary alicyclic amines) is 1. The van der Waals surface area contributed by atoms with Crippen LogP contribution in [0.4, 0.5) is 10.1 Å². The number of unbranched alkanes of at least 4 members (excludes halogenated alkanes) is 2. The van der Waals surface area contributed by atoms with Crippen molar-refractivity contribution in [2.24, 2.45) is 17.8 Å². The number of fused-ring (bicyclic) bond motifs is 5. The lowest BCUT2D eigenvalue weighted by molar-refractivity contribution is -0.141. The molecule has 9 nitrogen and oxygen atoms in total. The van der Waals surface area contributed by atoms with Crippen molar-refractivity contribution in [2.45, 2.75) is 54.2 Å². The molecule has 3 fully saturated rings. The van der Waals surface area contributed by atoms with Gasteiger partial charge in [0.05, 0.1) is 17.5 Å². The van der Waals surface area contributed by atoms with Gasteiger partial charge in [-0.05, 0) is 72.7 Å². The molecule has 1 saturated carbocycles. The van der Waals surface area contributed by atoms with Crippen molar-refractivity contribution in [2.75, 3.05) is 11.4 Å². The average Bonchev–Trinajstić information content (AvgIpc) is 3.39. The molecular formula is C36H31Cl2FN2O7. The van der Waals surface area contributed by atoms with Crippen LogP contribution in [0.25, 0.3) is 10.8 Å². The molecule has 2 heterocycles. The fraction of sp³-hybridized carbons (Fsp3) is 0.361. The fourth-order valence-corrected chi connectivity index (χ4v) is 9.23. The van der Waals surface area contributed by atoms with Crippen molar-refractivity contribution < 1.29 is 38.6 Å². The molecular weight excluding hydrogens is 662 g/mol. The SMILES string of the molecule is O=C(O)CCCCCN1C(=O)[C@H]2[C@H](CC=C3[C@H]2C[C@@]2(Cl)C(=O)N(c4ccc(F)cc4)C(=O)[C@@]2(Cl)[C@H]3c2c(O)ccc3ccccc23)C1=O. The number of anilines is 1. The highest BCUT2D eigenvalue weighted by molar-refractivity contribution is 6.58. The van der Waals surface area contributed by atoms with E-state index in [4.69, 9.17) is 28.3 Å². The number of halogens is 3. The number of phenolic OH excluding ortho intramolecular Hbond substituents is 1. The Morgan fingerprint density at radius 3 is 2.35 bits per heavy atom. The van der Waals surface area contributed by atoms with Crippen LogP contribution in [0, 0.1) is 23.6 Å². The van der Waals surface area contributed by atoms with Gasteiger partial charge in [0.1, 0.15) is 11.6 Å². The van der Waals surface area contributed by atoms with E-state index in [2.05, 4.69) is 0 Å². The predicted octanol–water partition coefficient (Wildman–Crippen LogP) is 5.89. The summed E-state index contributed by atoms with van der Waals surface area (Å²) in [4.78, 5) is 65.5. The third-order valence-corrected chi connectivity index (χ3v) is 11.9. The first-order valence-corrected chi connectivity index (χ1v) is 16.7. The van der Waals surface area contributed by atoms with Gasteiger partial charge >= 0.3 is 5.97 Å². The predicted molar refractivity (Wildman–Crippen MR) is 175 cm³/mol. The monoisotopic (exact) mass is 692 g/mol. The molecule has 12 heteroatoms. The number of aromatic hydroxyl groups is 1. The number of carbonyl (C=O) groups is 5. The maximum absolute atomic E-state index is 14.6. The number of carboxylic acids is 1. The largest absolute Gasteiger partial charge is 0.508 e. The Morgan fingerprint density at radius 1 is 0.896 bits per heavy atom. The van der Waals surface area contributed by atoms with Crippen LogP contribution in [0.3, 0.4) is 0 Å². The van der Waals surface area contributed by atoms with Crippen molar-refractivity contribution in [1.82, 2.24) is 4.90 Å². The maximum Gasteiger partial charge on any atom is 0.303 e. The minimum Gasteiger partial charge on any atom is -0.508 e. The molecule has 6 atom stereocenters. The normalized spacial score (nSPS) is 29.6. The van der Waals surface area contributed by atoms with Gasteiger partial charge in [-0.2, -0.15) is 0 Å². The summed E-state index contributed by atoms with van der Waals surface area (Å²) in [5.41, 5.74) is 0.884. The number of phenols is 1. The van der Waals surface area contributed by atoms with Gasteiger partial charge in [0.25, 0.3) is 11.8 Å². The van der Waals surface area contributed by atoms with Crippen molar-refractivity contribution >= 4 is 69.3 Å². The number of carboxylic acid groups (broad SMARTS) is 1. The molecule has 48 heavy (non-hydrogen) atoms. The van der Waals surface area contributed by atoms with E-state index >= 15 is 0 Å². The van der Waals surface area contributed by atoms with E-state index in [1.165, 1.54) is 23.1 Å². The quantitative estimate of drug-likeness (QED) is 0.130. The number of benzene rings is 3. The fourth-order valence-electron chi connectivity index (χ4n) is 8.31. The van der Waals surface area contributed by atoms with E-state index in [-0.39, 0.29) is 48.7 Å².